The molecule has 24 heavy (non-hydrogen) atoms. The molecular formula is C19H11Cl2NO2. The molecule has 0 spiro atoms. The van der Waals surface area contributed by atoms with Crippen LogP contribution in [0.3, 0.4) is 0 Å². The normalized spacial score (nSPS) is 13.0. The zero-order chi connectivity index (χ0) is 17.1. The highest BCUT2D eigenvalue weighted by atomic mass is 35.5. The molecule has 0 saturated carbocycles. The first kappa shape index (κ1) is 16.3. The van der Waals surface area contributed by atoms with E-state index in [9.17, 15) is 4.79 Å². The summed E-state index contributed by atoms with van der Waals surface area (Å²) in [5.74, 6) is 0.451. The molecule has 0 radical (unpaired) electrons. The number of rotatable bonds is 3. The van der Waals surface area contributed by atoms with Gasteiger partial charge in [-0.2, -0.15) is 5.26 Å². The number of carbonyl (C=O) groups is 1. The van der Waals surface area contributed by atoms with Crippen molar-refractivity contribution in [3.05, 3.63) is 80.9 Å². The first-order valence-corrected chi connectivity index (χ1v) is 7.87. The van der Waals surface area contributed by atoms with E-state index in [2.05, 4.69) is 0 Å². The second-order valence-corrected chi connectivity index (χ2v) is 6.04. The number of benzene rings is 2. The van der Waals surface area contributed by atoms with Gasteiger partial charge in [0.05, 0.1) is 16.7 Å². The maximum atomic E-state index is 12.2. The lowest BCUT2D eigenvalue weighted by Crippen LogP contribution is -2.07. The first-order chi connectivity index (χ1) is 11.6. The second-order valence-electron chi connectivity index (χ2n) is 5.20. The van der Waals surface area contributed by atoms with Gasteiger partial charge in [-0.25, -0.2) is 0 Å². The fourth-order valence-electron chi connectivity index (χ4n) is 2.32. The van der Waals surface area contributed by atoms with Gasteiger partial charge in [-0.3, -0.25) is 4.79 Å². The molecule has 2 aromatic rings. The minimum absolute atomic E-state index is 0.143. The number of nitriles is 1. The van der Waals surface area contributed by atoms with Crippen molar-refractivity contribution in [2.45, 2.75) is 0 Å². The van der Waals surface area contributed by atoms with Crippen LogP contribution in [0.25, 0.3) is 6.08 Å². The Hall–Kier alpha value is -2.54. The third kappa shape index (κ3) is 3.51. The predicted octanol–water partition coefficient (Wildman–Crippen LogP) is 5.08. The molecule has 0 atom stereocenters. The van der Waals surface area contributed by atoms with Crippen LogP contribution >= 0.6 is 23.2 Å². The van der Waals surface area contributed by atoms with Gasteiger partial charge in [-0.05, 0) is 54.1 Å². The lowest BCUT2D eigenvalue weighted by atomic mass is 10.0. The number of ether oxygens (including phenoxy) is 1. The molecule has 0 unspecified atom stereocenters. The van der Waals surface area contributed by atoms with E-state index in [1.807, 2.05) is 12.1 Å². The number of hydrogen-bond donors (Lipinski definition) is 0. The zero-order valence-electron chi connectivity index (χ0n) is 12.4. The van der Waals surface area contributed by atoms with Crippen molar-refractivity contribution in [3.8, 4) is 11.8 Å². The number of ketones is 1. The molecule has 0 amide bonds. The molecule has 1 aliphatic rings. The average Bonchev–Trinajstić information content (AvgIpc) is 2.59. The Morgan fingerprint density at radius 3 is 2.67 bits per heavy atom. The molecule has 3 nitrogen and oxygen atoms in total. The maximum absolute atomic E-state index is 12.2. The van der Waals surface area contributed by atoms with E-state index < -0.39 is 0 Å². The highest BCUT2D eigenvalue weighted by Gasteiger charge is 2.14. The highest BCUT2D eigenvalue weighted by Crippen LogP contribution is 2.36. The Morgan fingerprint density at radius 1 is 1.21 bits per heavy atom. The van der Waals surface area contributed by atoms with Crippen LogP contribution in [-0.2, 0) is 0 Å². The fourth-order valence-corrected chi connectivity index (χ4v) is 2.88. The average molecular weight is 356 g/mol. The van der Waals surface area contributed by atoms with E-state index in [1.165, 1.54) is 6.08 Å². The van der Waals surface area contributed by atoms with Gasteiger partial charge in [0.15, 0.2) is 5.78 Å². The molecule has 0 aliphatic carbocycles. The van der Waals surface area contributed by atoms with Crippen molar-refractivity contribution >= 4 is 35.1 Å². The summed E-state index contributed by atoms with van der Waals surface area (Å²) in [5, 5.41) is 9.76. The van der Waals surface area contributed by atoms with E-state index in [0.29, 0.717) is 33.5 Å². The molecule has 0 aromatic heterocycles. The van der Waals surface area contributed by atoms with Gasteiger partial charge in [0.25, 0.3) is 0 Å². The predicted molar refractivity (Wildman–Crippen MR) is 94.6 cm³/mol. The van der Waals surface area contributed by atoms with Crippen molar-refractivity contribution in [1.29, 1.82) is 5.26 Å². The second kappa shape index (κ2) is 6.92. The Balaban J connectivity index is 1.80. The molecule has 0 saturated heterocycles. The van der Waals surface area contributed by atoms with E-state index in [1.54, 1.807) is 42.5 Å². The molecule has 5 heteroatoms. The van der Waals surface area contributed by atoms with Gasteiger partial charge in [0, 0.05) is 16.1 Å². The molecule has 0 N–H and O–H groups in total. The standard InChI is InChI=1S/C19H11Cl2NO2/c20-16-8-15-7-13(11-24-19(15)17(21)9-16)3-6-18(23)14-4-1-12(10-22)2-5-14/h1-9H,11H2. The minimum Gasteiger partial charge on any atom is -0.487 e. The number of nitrogens with zero attached hydrogens (tertiary/aromatic N) is 1. The van der Waals surface area contributed by atoms with Gasteiger partial charge in [0.2, 0.25) is 0 Å². The highest BCUT2D eigenvalue weighted by molar-refractivity contribution is 6.36. The lowest BCUT2D eigenvalue weighted by molar-refractivity contribution is 0.104. The van der Waals surface area contributed by atoms with Gasteiger partial charge in [-0.1, -0.05) is 29.3 Å². The summed E-state index contributed by atoms with van der Waals surface area (Å²) >= 11 is 12.1. The number of hydrogen-bond acceptors (Lipinski definition) is 3. The van der Waals surface area contributed by atoms with E-state index >= 15 is 0 Å². The van der Waals surface area contributed by atoms with Crippen LogP contribution in [0.15, 0.2) is 54.1 Å². The number of fused-ring (bicyclic) bond motifs is 1. The van der Waals surface area contributed by atoms with E-state index in [-0.39, 0.29) is 5.78 Å². The van der Waals surface area contributed by atoms with Crippen molar-refractivity contribution in [3.63, 3.8) is 0 Å². The smallest absolute Gasteiger partial charge is 0.185 e. The fraction of sp³-hybridized carbons (Fsp3) is 0.0526. The van der Waals surface area contributed by atoms with Crippen molar-refractivity contribution < 1.29 is 9.53 Å². The van der Waals surface area contributed by atoms with Crippen LogP contribution in [0.4, 0.5) is 0 Å². The third-order valence-corrected chi connectivity index (χ3v) is 4.01. The Bertz CT molecular complexity index is 906. The van der Waals surface area contributed by atoms with Crippen molar-refractivity contribution in [1.82, 2.24) is 0 Å². The molecule has 0 bridgehead atoms. The summed E-state index contributed by atoms with van der Waals surface area (Å²) in [7, 11) is 0. The summed E-state index contributed by atoms with van der Waals surface area (Å²) in [5.41, 5.74) is 2.66. The minimum atomic E-state index is -0.143. The monoisotopic (exact) mass is 355 g/mol. The van der Waals surface area contributed by atoms with Crippen LogP contribution in [0.2, 0.25) is 10.0 Å². The van der Waals surface area contributed by atoms with Gasteiger partial charge < -0.3 is 4.74 Å². The van der Waals surface area contributed by atoms with Crippen molar-refractivity contribution in [2.75, 3.05) is 6.61 Å². The Morgan fingerprint density at radius 2 is 1.96 bits per heavy atom. The van der Waals surface area contributed by atoms with Crippen LogP contribution < -0.4 is 4.74 Å². The number of carbonyl (C=O) groups excluding carboxylic acids is 1. The van der Waals surface area contributed by atoms with E-state index in [4.69, 9.17) is 33.2 Å². The van der Waals surface area contributed by atoms with Crippen LogP contribution in [0.5, 0.6) is 5.75 Å². The van der Waals surface area contributed by atoms with Gasteiger partial charge in [-0.15, -0.1) is 0 Å². The van der Waals surface area contributed by atoms with Crippen LogP contribution in [0.1, 0.15) is 21.5 Å². The quantitative estimate of drug-likeness (QED) is 0.569. The SMILES string of the molecule is N#Cc1ccc(C(=O)C=CC2=Cc3cc(Cl)cc(Cl)c3OC2)cc1. The molecule has 1 aliphatic heterocycles. The first-order valence-electron chi connectivity index (χ1n) is 7.12. The number of allylic oxidation sites excluding steroid dienone is 1. The Kier molecular flexibility index (Phi) is 4.71. The summed E-state index contributed by atoms with van der Waals surface area (Å²) in [6.07, 6.45) is 5.07. The van der Waals surface area contributed by atoms with E-state index in [0.717, 1.165) is 11.1 Å². The third-order valence-electron chi connectivity index (χ3n) is 3.51. The lowest BCUT2D eigenvalue weighted by Gasteiger charge is -2.17. The molecular weight excluding hydrogens is 345 g/mol. The maximum Gasteiger partial charge on any atom is 0.185 e. The topological polar surface area (TPSA) is 50.1 Å². The summed E-state index contributed by atoms with van der Waals surface area (Å²) in [6, 6.07) is 11.9. The molecule has 2 aromatic carbocycles. The molecule has 0 fully saturated rings. The summed E-state index contributed by atoms with van der Waals surface area (Å²) in [4.78, 5) is 12.2. The summed E-state index contributed by atoms with van der Waals surface area (Å²) in [6.45, 7) is 0.325. The molecule has 3 rings (SSSR count). The molecule has 1 heterocycles. The van der Waals surface area contributed by atoms with Crippen LogP contribution in [-0.4, -0.2) is 12.4 Å². The van der Waals surface area contributed by atoms with Gasteiger partial charge >= 0.3 is 0 Å². The largest absolute Gasteiger partial charge is 0.487 e. The Labute approximate surface area is 149 Å². The summed E-state index contributed by atoms with van der Waals surface area (Å²) < 4.78 is 5.63. The number of halogens is 2. The van der Waals surface area contributed by atoms with Gasteiger partial charge in [0.1, 0.15) is 12.4 Å². The zero-order valence-corrected chi connectivity index (χ0v) is 13.9. The van der Waals surface area contributed by atoms with Crippen molar-refractivity contribution in [2.24, 2.45) is 0 Å². The van der Waals surface area contributed by atoms with Crippen LogP contribution in [0, 0.1) is 11.3 Å². The molecule has 118 valence electrons.